The lowest BCUT2D eigenvalue weighted by molar-refractivity contribution is 0.0928. The molecule has 0 spiro atoms. The van der Waals surface area contributed by atoms with Crippen LogP contribution in [0.2, 0.25) is 5.02 Å². The third-order valence-corrected chi connectivity index (χ3v) is 4.90. The average Bonchev–Trinajstić information content (AvgIpc) is 2.39. The highest BCUT2D eigenvalue weighted by Gasteiger charge is 2.32. The molecule has 1 amide bonds. The first kappa shape index (κ1) is 18.8. The predicted octanol–water partition coefficient (Wildman–Crippen LogP) is 4.03. The van der Waals surface area contributed by atoms with Gasteiger partial charge in [0, 0.05) is 22.1 Å². The van der Waals surface area contributed by atoms with Crippen LogP contribution in [0.3, 0.4) is 0 Å². The van der Waals surface area contributed by atoms with Crippen molar-refractivity contribution in [1.82, 2.24) is 10.6 Å². The van der Waals surface area contributed by atoms with Crippen molar-refractivity contribution in [3.8, 4) is 0 Å². The van der Waals surface area contributed by atoms with Crippen LogP contribution in [0.4, 0.5) is 0 Å². The van der Waals surface area contributed by atoms with Crippen LogP contribution in [-0.4, -0.2) is 25.0 Å². The smallest absolute Gasteiger partial charge is 0.252 e. The Morgan fingerprint density at radius 2 is 2.24 bits per heavy atom. The summed E-state index contributed by atoms with van der Waals surface area (Å²) < 4.78 is 0.760. The Hall–Kier alpha value is -0.290. The molecule has 1 unspecified atom stereocenters. The average molecular weight is 396 g/mol. The van der Waals surface area contributed by atoms with Gasteiger partial charge >= 0.3 is 0 Å². The van der Waals surface area contributed by atoms with E-state index in [1.807, 2.05) is 0 Å². The summed E-state index contributed by atoms with van der Waals surface area (Å²) in [7, 11) is 0. The Bertz CT molecular complexity index is 508. The molecular formula is C15H21BrCl2N2O. The molecule has 1 aromatic rings. The SMILES string of the molecule is CC1(C)CCCNC1CNC(=O)c1cc(Cl)ccc1Br.Cl. The first-order valence-corrected chi connectivity index (χ1v) is 8.04. The van der Waals surface area contributed by atoms with Gasteiger partial charge in [0.1, 0.15) is 0 Å². The maximum atomic E-state index is 12.2. The minimum Gasteiger partial charge on any atom is -0.350 e. The summed E-state index contributed by atoms with van der Waals surface area (Å²) >= 11 is 9.33. The van der Waals surface area contributed by atoms with E-state index >= 15 is 0 Å². The molecule has 6 heteroatoms. The quantitative estimate of drug-likeness (QED) is 0.810. The molecule has 0 saturated carbocycles. The lowest BCUT2D eigenvalue weighted by atomic mass is 9.77. The van der Waals surface area contributed by atoms with Crippen LogP contribution in [0.25, 0.3) is 0 Å². The van der Waals surface area contributed by atoms with Gasteiger partial charge in [-0.15, -0.1) is 12.4 Å². The highest BCUT2D eigenvalue weighted by molar-refractivity contribution is 9.10. The zero-order chi connectivity index (χ0) is 14.8. The van der Waals surface area contributed by atoms with Crippen LogP contribution < -0.4 is 10.6 Å². The van der Waals surface area contributed by atoms with Gasteiger partial charge in [-0.05, 0) is 58.9 Å². The van der Waals surface area contributed by atoms with Crippen molar-refractivity contribution < 1.29 is 4.79 Å². The number of rotatable bonds is 3. The number of benzene rings is 1. The topological polar surface area (TPSA) is 41.1 Å². The molecule has 1 aromatic carbocycles. The summed E-state index contributed by atoms with van der Waals surface area (Å²) in [6.07, 6.45) is 2.37. The third-order valence-electron chi connectivity index (χ3n) is 3.97. The molecule has 1 aliphatic heterocycles. The van der Waals surface area contributed by atoms with Crippen molar-refractivity contribution in [1.29, 1.82) is 0 Å². The van der Waals surface area contributed by atoms with E-state index in [2.05, 4.69) is 40.4 Å². The third kappa shape index (κ3) is 4.85. The van der Waals surface area contributed by atoms with E-state index in [9.17, 15) is 4.79 Å². The predicted molar refractivity (Wildman–Crippen MR) is 93.5 cm³/mol. The molecule has 1 heterocycles. The van der Waals surface area contributed by atoms with E-state index in [-0.39, 0.29) is 23.7 Å². The molecule has 3 nitrogen and oxygen atoms in total. The van der Waals surface area contributed by atoms with Gasteiger partial charge in [0.05, 0.1) is 5.56 Å². The first-order valence-electron chi connectivity index (χ1n) is 6.87. The van der Waals surface area contributed by atoms with E-state index in [1.54, 1.807) is 18.2 Å². The fourth-order valence-electron chi connectivity index (χ4n) is 2.58. The van der Waals surface area contributed by atoms with Crippen molar-refractivity contribution in [3.05, 3.63) is 33.3 Å². The second kappa shape index (κ2) is 7.82. The van der Waals surface area contributed by atoms with Crippen LogP contribution in [-0.2, 0) is 0 Å². The minimum atomic E-state index is -0.0949. The molecular weight excluding hydrogens is 375 g/mol. The molecule has 0 radical (unpaired) electrons. The highest BCUT2D eigenvalue weighted by Crippen LogP contribution is 2.29. The van der Waals surface area contributed by atoms with Gasteiger partial charge in [-0.1, -0.05) is 25.4 Å². The summed E-state index contributed by atoms with van der Waals surface area (Å²) in [6, 6.07) is 5.53. The second-order valence-corrected chi connectivity index (χ2v) is 7.22. The number of halogens is 3. The molecule has 2 N–H and O–H groups in total. The summed E-state index contributed by atoms with van der Waals surface area (Å²) in [6.45, 7) is 6.13. The normalized spacial score (nSPS) is 20.5. The van der Waals surface area contributed by atoms with Crippen molar-refractivity contribution in [2.24, 2.45) is 5.41 Å². The number of hydrogen-bond acceptors (Lipinski definition) is 2. The van der Waals surface area contributed by atoms with Crippen molar-refractivity contribution >= 4 is 45.8 Å². The van der Waals surface area contributed by atoms with Gasteiger partial charge in [0.25, 0.3) is 5.91 Å². The van der Waals surface area contributed by atoms with Gasteiger partial charge < -0.3 is 10.6 Å². The molecule has 1 fully saturated rings. The van der Waals surface area contributed by atoms with E-state index in [0.29, 0.717) is 23.2 Å². The number of piperidine rings is 1. The van der Waals surface area contributed by atoms with Gasteiger partial charge in [-0.2, -0.15) is 0 Å². The van der Waals surface area contributed by atoms with Crippen LogP contribution >= 0.6 is 39.9 Å². The summed E-state index contributed by atoms with van der Waals surface area (Å²) in [5.41, 5.74) is 0.781. The summed E-state index contributed by atoms with van der Waals surface area (Å²) in [5.74, 6) is -0.0949. The van der Waals surface area contributed by atoms with E-state index < -0.39 is 0 Å². The van der Waals surface area contributed by atoms with Gasteiger partial charge in [-0.25, -0.2) is 0 Å². The minimum absolute atomic E-state index is 0. The van der Waals surface area contributed by atoms with Gasteiger partial charge in [0.15, 0.2) is 0 Å². The fraction of sp³-hybridized carbons (Fsp3) is 0.533. The summed E-state index contributed by atoms with van der Waals surface area (Å²) in [5, 5.41) is 7.06. The van der Waals surface area contributed by atoms with Crippen molar-refractivity contribution in [2.45, 2.75) is 32.7 Å². The number of carbonyl (C=O) groups excluding carboxylic acids is 1. The van der Waals surface area contributed by atoms with Crippen LogP contribution in [0.1, 0.15) is 37.0 Å². The molecule has 1 aliphatic rings. The molecule has 2 rings (SSSR count). The maximum Gasteiger partial charge on any atom is 0.252 e. The Labute approximate surface area is 145 Å². The summed E-state index contributed by atoms with van der Waals surface area (Å²) in [4.78, 5) is 12.2. The molecule has 0 aromatic heterocycles. The van der Waals surface area contributed by atoms with Crippen LogP contribution in [0.15, 0.2) is 22.7 Å². The second-order valence-electron chi connectivity index (χ2n) is 5.93. The van der Waals surface area contributed by atoms with Crippen LogP contribution in [0, 0.1) is 5.41 Å². The largest absolute Gasteiger partial charge is 0.350 e. The number of carbonyl (C=O) groups is 1. The molecule has 1 atom stereocenters. The fourth-order valence-corrected chi connectivity index (χ4v) is 3.18. The van der Waals surface area contributed by atoms with Crippen molar-refractivity contribution in [2.75, 3.05) is 13.1 Å². The van der Waals surface area contributed by atoms with E-state index in [0.717, 1.165) is 11.0 Å². The highest BCUT2D eigenvalue weighted by atomic mass is 79.9. The standard InChI is InChI=1S/C15H20BrClN2O.ClH/c1-15(2)6-3-7-18-13(15)9-19-14(20)11-8-10(17)4-5-12(11)16;/h4-5,8,13,18H,3,6-7,9H2,1-2H3,(H,19,20);1H. The van der Waals surface area contributed by atoms with E-state index in [1.165, 1.54) is 12.8 Å². The zero-order valence-electron chi connectivity index (χ0n) is 12.2. The molecule has 0 aliphatic carbocycles. The lowest BCUT2D eigenvalue weighted by Crippen LogP contribution is -2.52. The van der Waals surface area contributed by atoms with Gasteiger partial charge in [0.2, 0.25) is 0 Å². The molecule has 0 bridgehead atoms. The Kier molecular flexibility index (Phi) is 6.98. The molecule has 21 heavy (non-hydrogen) atoms. The Morgan fingerprint density at radius 1 is 1.52 bits per heavy atom. The Balaban J connectivity index is 0.00000220. The lowest BCUT2D eigenvalue weighted by Gasteiger charge is -2.39. The monoisotopic (exact) mass is 394 g/mol. The maximum absolute atomic E-state index is 12.2. The Morgan fingerprint density at radius 3 is 2.90 bits per heavy atom. The van der Waals surface area contributed by atoms with Crippen molar-refractivity contribution in [3.63, 3.8) is 0 Å². The number of nitrogens with one attached hydrogen (secondary N) is 2. The number of amides is 1. The molecule has 1 saturated heterocycles. The number of hydrogen-bond donors (Lipinski definition) is 2. The van der Waals surface area contributed by atoms with E-state index in [4.69, 9.17) is 11.6 Å². The first-order chi connectivity index (χ1) is 9.40. The van der Waals surface area contributed by atoms with Crippen LogP contribution in [0.5, 0.6) is 0 Å². The molecule has 118 valence electrons. The van der Waals surface area contributed by atoms with Gasteiger partial charge in [-0.3, -0.25) is 4.79 Å². The zero-order valence-corrected chi connectivity index (χ0v) is 15.4.